The van der Waals surface area contributed by atoms with Gasteiger partial charge in [0.05, 0.1) is 0 Å². The highest BCUT2D eigenvalue weighted by molar-refractivity contribution is 6.37. The Bertz CT molecular complexity index is 117. The van der Waals surface area contributed by atoms with E-state index in [1.54, 1.807) is 6.92 Å². The predicted molar refractivity (Wildman–Crippen MR) is 46.6 cm³/mol. The van der Waals surface area contributed by atoms with Gasteiger partial charge in [-0.3, -0.25) is 4.79 Å². The summed E-state index contributed by atoms with van der Waals surface area (Å²) in [4.78, 5) is 13.4. The molecule has 1 N–H and O–H groups in total. The molecule has 0 aromatic rings. The highest BCUT2D eigenvalue weighted by atomic mass is 28.2. The summed E-state index contributed by atoms with van der Waals surface area (Å²) in [6.45, 7) is 8.17. The summed E-state index contributed by atoms with van der Waals surface area (Å²) < 4.78 is 0. The molecule has 0 saturated carbocycles. The van der Waals surface area contributed by atoms with Crippen LogP contribution in [0.1, 0.15) is 27.7 Å². The van der Waals surface area contributed by atoms with Crippen molar-refractivity contribution in [1.29, 1.82) is 0 Å². The van der Waals surface area contributed by atoms with Crippen molar-refractivity contribution in [3.8, 4) is 0 Å². The van der Waals surface area contributed by atoms with E-state index in [0.717, 1.165) is 0 Å². The first-order valence-corrected chi connectivity index (χ1v) is 5.37. The lowest BCUT2D eigenvalue weighted by Gasteiger charge is -2.16. The third-order valence-corrected chi connectivity index (χ3v) is 3.75. The summed E-state index contributed by atoms with van der Waals surface area (Å²) >= 11 is 0. The van der Waals surface area contributed by atoms with Gasteiger partial charge in [0.2, 0.25) is 5.91 Å². The van der Waals surface area contributed by atoms with Crippen LogP contribution in [0.3, 0.4) is 0 Å². The molecule has 0 aliphatic carbocycles. The fourth-order valence-corrected chi connectivity index (χ4v) is 1.84. The van der Waals surface area contributed by atoms with Gasteiger partial charge in [-0.2, -0.15) is 0 Å². The van der Waals surface area contributed by atoms with E-state index in [-0.39, 0.29) is 15.6 Å². The van der Waals surface area contributed by atoms with Crippen molar-refractivity contribution in [3.05, 3.63) is 0 Å². The maximum absolute atomic E-state index is 10.5. The Kier molecular flexibility index (Phi) is 3.64. The van der Waals surface area contributed by atoms with E-state index in [9.17, 15) is 4.79 Å². The van der Waals surface area contributed by atoms with Crippen molar-refractivity contribution in [2.45, 2.75) is 33.7 Å². The zero-order valence-electron chi connectivity index (χ0n) is 7.32. The van der Waals surface area contributed by atoms with Gasteiger partial charge in [-0.05, 0) is 11.5 Å². The molecule has 0 spiro atoms. The standard InChI is InChI=1S/C7H17NOSi/c1-6(9)8-10-5-7(2,3)4/h5,10H2,1-4H3,(H,8,9). The molecule has 60 valence electrons. The lowest BCUT2D eigenvalue weighted by molar-refractivity contribution is -0.117. The molecule has 0 heterocycles. The molecule has 0 atom stereocenters. The number of carbonyl (C=O) groups excluding carboxylic acids is 1. The molecule has 0 rings (SSSR count). The molecule has 0 unspecified atom stereocenters. The van der Waals surface area contributed by atoms with Crippen LogP contribution in [0.25, 0.3) is 0 Å². The second-order valence-corrected chi connectivity index (χ2v) is 5.15. The third-order valence-electron chi connectivity index (χ3n) is 1.25. The van der Waals surface area contributed by atoms with Crippen LogP contribution in [0.5, 0.6) is 0 Å². The van der Waals surface area contributed by atoms with Crippen molar-refractivity contribution < 1.29 is 4.79 Å². The number of rotatable bonds is 2. The molecule has 0 aromatic heterocycles. The largest absolute Gasteiger partial charge is 0.388 e. The van der Waals surface area contributed by atoms with Crippen LogP contribution in [-0.2, 0) is 4.79 Å². The number of hydrogen-bond acceptors (Lipinski definition) is 1. The van der Waals surface area contributed by atoms with E-state index in [4.69, 9.17) is 0 Å². The van der Waals surface area contributed by atoms with E-state index in [1.165, 1.54) is 6.04 Å². The van der Waals surface area contributed by atoms with Crippen LogP contribution in [0.4, 0.5) is 0 Å². The lowest BCUT2D eigenvalue weighted by Crippen LogP contribution is -2.27. The highest BCUT2D eigenvalue weighted by Crippen LogP contribution is 2.17. The van der Waals surface area contributed by atoms with E-state index in [1.807, 2.05) is 0 Å². The van der Waals surface area contributed by atoms with Crippen molar-refractivity contribution >= 4 is 15.6 Å². The van der Waals surface area contributed by atoms with E-state index < -0.39 is 0 Å². The van der Waals surface area contributed by atoms with Gasteiger partial charge in [0.25, 0.3) is 0 Å². The molecule has 0 fully saturated rings. The van der Waals surface area contributed by atoms with Gasteiger partial charge in [-0.15, -0.1) is 0 Å². The summed E-state index contributed by atoms with van der Waals surface area (Å²) in [7, 11) is -0.340. The van der Waals surface area contributed by atoms with Crippen molar-refractivity contribution in [2.24, 2.45) is 5.41 Å². The fraction of sp³-hybridized carbons (Fsp3) is 0.857. The van der Waals surface area contributed by atoms with Gasteiger partial charge in [0, 0.05) is 6.92 Å². The highest BCUT2D eigenvalue weighted by Gasteiger charge is 2.09. The normalized spacial score (nSPS) is 12.4. The van der Waals surface area contributed by atoms with Gasteiger partial charge < -0.3 is 4.98 Å². The molecule has 0 saturated heterocycles. The zero-order chi connectivity index (χ0) is 8.20. The molecule has 0 radical (unpaired) electrons. The van der Waals surface area contributed by atoms with Gasteiger partial charge in [-0.25, -0.2) is 0 Å². The molecule has 10 heavy (non-hydrogen) atoms. The fourth-order valence-electron chi connectivity index (χ4n) is 0.614. The minimum atomic E-state index is -0.340. The molecule has 0 aliphatic rings. The van der Waals surface area contributed by atoms with Gasteiger partial charge in [-0.1, -0.05) is 20.8 Å². The lowest BCUT2D eigenvalue weighted by atomic mass is 10.0. The van der Waals surface area contributed by atoms with E-state index >= 15 is 0 Å². The number of nitrogens with one attached hydrogen (secondary N) is 1. The van der Waals surface area contributed by atoms with Gasteiger partial charge in [0.15, 0.2) is 0 Å². The Labute approximate surface area is 65.3 Å². The molecule has 3 heteroatoms. The number of carbonyl (C=O) groups is 1. The topological polar surface area (TPSA) is 29.1 Å². The number of amides is 1. The molecule has 0 bridgehead atoms. The minimum absolute atomic E-state index is 0.121. The summed E-state index contributed by atoms with van der Waals surface area (Å²) in [5.41, 5.74) is 0.384. The first kappa shape index (κ1) is 9.69. The first-order valence-electron chi connectivity index (χ1n) is 3.66. The van der Waals surface area contributed by atoms with E-state index in [0.29, 0.717) is 5.41 Å². The van der Waals surface area contributed by atoms with Crippen LogP contribution in [-0.4, -0.2) is 15.6 Å². The SMILES string of the molecule is CC(=O)N[SiH2]CC(C)(C)C. The van der Waals surface area contributed by atoms with Crippen LogP contribution < -0.4 is 4.98 Å². The van der Waals surface area contributed by atoms with Crippen LogP contribution in [0, 0.1) is 5.41 Å². The Balaban J connectivity index is 3.29. The van der Waals surface area contributed by atoms with E-state index in [2.05, 4.69) is 25.8 Å². The Morgan fingerprint density at radius 3 is 2.30 bits per heavy atom. The molecular weight excluding hydrogens is 142 g/mol. The molecular formula is C7H17NOSi. The average molecular weight is 159 g/mol. The maximum Gasteiger partial charge on any atom is 0.208 e. The molecule has 0 aliphatic heterocycles. The van der Waals surface area contributed by atoms with Crippen molar-refractivity contribution in [2.75, 3.05) is 0 Å². The smallest absolute Gasteiger partial charge is 0.208 e. The third kappa shape index (κ3) is 7.69. The van der Waals surface area contributed by atoms with Crippen LogP contribution >= 0.6 is 0 Å². The minimum Gasteiger partial charge on any atom is -0.388 e. The average Bonchev–Trinajstić information content (AvgIpc) is 1.59. The zero-order valence-corrected chi connectivity index (χ0v) is 8.74. The second-order valence-electron chi connectivity index (χ2n) is 3.79. The maximum atomic E-state index is 10.5. The Morgan fingerprint density at radius 2 is 2.00 bits per heavy atom. The number of hydrogen-bond donors (Lipinski definition) is 1. The van der Waals surface area contributed by atoms with Gasteiger partial charge >= 0.3 is 0 Å². The van der Waals surface area contributed by atoms with Crippen LogP contribution in [0.15, 0.2) is 0 Å². The molecule has 0 aromatic carbocycles. The first-order chi connectivity index (χ1) is 4.42. The monoisotopic (exact) mass is 159 g/mol. The summed E-state index contributed by atoms with van der Waals surface area (Å²) in [5.74, 6) is 0.121. The molecule has 1 amide bonds. The Morgan fingerprint density at radius 1 is 1.50 bits per heavy atom. The Hall–Kier alpha value is -0.313. The quantitative estimate of drug-likeness (QED) is 0.590. The van der Waals surface area contributed by atoms with Crippen LogP contribution in [0.2, 0.25) is 6.04 Å². The summed E-state index contributed by atoms with van der Waals surface area (Å²) in [6.07, 6.45) is 0. The van der Waals surface area contributed by atoms with Crippen molar-refractivity contribution in [1.82, 2.24) is 4.98 Å². The van der Waals surface area contributed by atoms with Gasteiger partial charge in [0.1, 0.15) is 9.68 Å². The summed E-state index contributed by atoms with van der Waals surface area (Å²) in [6, 6.07) is 1.17. The predicted octanol–water partition coefficient (Wildman–Crippen LogP) is 0.671. The molecule has 2 nitrogen and oxygen atoms in total. The van der Waals surface area contributed by atoms with Crippen molar-refractivity contribution in [3.63, 3.8) is 0 Å². The second kappa shape index (κ2) is 3.76. The summed E-state index contributed by atoms with van der Waals surface area (Å²) in [5, 5.41) is 0.